The van der Waals surface area contributed by atoms with Gasteiger partial charge in [-0.1, -0.05) is 25.5 Å². The molecule has 0 spiro atoms. The van der Waals surface area contributed by atoms with Crippen molar-refractivity contribution in [2.45, 2.75) is 38.9 Å². The molecule has 0 bridgehead atoms. The third-order valence-electron chi connectivity index (χ3n) is 1.58. The zero-order chi connectivity index (χ0) is 6.69. The lowest BCUT2D eigenvalue weighted by atomic mass is 10.2. The molecule has 1 aliphatic rings. The molecule has 0 radical (unpaired) electrons. The fraction of sp³-hybridized carbons (Fsp3) is 0.750. The summed E-state index contributed by atoms with van der Waals surface area (Å²) in [5.41, 5.74) is 0. The van der Waals surface area contributed by atoms with Crippen molar-refractivity contribution in [1.82, 2.24) is 0 Å². The van der Waals surface area contributed by atoms with Crippen LogP contribution in [0, 0.1) is 0 Å². The zero-order valence-corrected chi connectivity index (χ0v) is 6.13. The molecule has 1 fully saturated rings. The van der Waals surface area contributed by atoms with Crippen molar-refractivity contribution in [3.8, 4) is 0 Å². The van der Waals surface area contributed by atoms with Gasteiger partial charge in [0.1, 0.15) is 6.10 Å². The van der Waals surface area contributed by atoms with Crippen LogP contribution in [-0.2, 0) is 4.74 Å². The van der Waals surface area contributed by atoms with E-state index in [-0.39, 0.29) is 0 Å². The van der Waals surface area contributed by atoms with Gasteiger partial charge in [0.15, 0.2) is 0 Å². The molecule has 9 heavy (non-hydrogen) atoms. The molecule has 0 aliphatic carbocycles. The molecule has 2 atom stereocenters. The molecule has 1 heterocycles. The standard InChI is InChI=1S/C8H14O/c1-3-5-7-8(9-7)6-4-2/h3,5,7-8H,4,6H2,1-2H3. The SMILES string of the molecule is CC=CC1OC1CCC. The molecule has 52 valence electrons. The lowest BCUT2D eigenvalue weighted by molar-refractivity contribution is 0.378. The highest BCUT2D eigenvalue weighted by Gasteiger charge is 2.34. The van der Waals surface area contributed by atoms with Crippen molar-refractivity contribution in [2.24, 2.45) is 0 Å². The summed E-state index contributed by atoms with van der Waals surface area (Å²) in [5.74, 6) is 0. The highest BCUT2D eigenvalue weighted by molar-refractivity contribution is 5.00. The topological polar surface area (TPSA) is 12.5 Å². The van der Waals surface area contributed by atoms with Crippen LogP contribution in [0.15, 0.2) is 12.2 Å². The lowest BCUT2D eigenvalue weighted by Crippen LogP contribution is -1.87. The maximum Gasteiger partial charge on any atom is 0.102 e. The summed E-state index contributed by atoms with van der Waals surface area (Å²) in [7, 11) is 0. The Kier molecular flexibility index (Phi) is 2.29. The summed E-state index contributed by atoms with van der Waals surface area (Å²) in [5, 5.41) is 0. The van der Waals surface area contributed by atoms with E-state index in [1.54, 1.807) is 0 Å². The van der Waals surface area contributed by atoms with Crippen LogP contribution in [0.25, 0.3) is 0 Å². The van der Waals surface area contributed by atoms with Crippen molar-refractivity contribution in [1.29, 1.82) is 0 Å². The third-order valence-corrected chi connectivity index (χ3v) is 1.58. The molecule has 2 unspecified atom stereocenters. The maximum atomic E-state index is 5.31. The summed E-state index contributed by atoms with van der Waals surface area (Å²) in [6.07, 6.45) is 7.63. The van der Waals surface area contributed by atoms with Crippen LogP contribution in [0.3, 0.4) is 0 Å². The van der Waals surface area contributed by atoms with Crippen molar-refractivity contribution >= 4 is 0 Å². The van der Waals surface area contributed by atoms with Crippen LogP contribution < -0.4 is 0 Å². The summed E-state index contributed by atoms with van der Waals surface area (Å²) < 4.78 is 5.31. The third kappa shape index (κ3) is 1.83. The Morgan fingerprint density at radius 2 is 2.33 bits per heavy atom. The highest BCUT2D eigenvalue weighted by Crippen LogP contribution is 2.27. The van der Waals surface area contributed by atoms with Crippen LogP contribution >= 0.6 is 0 Å². The minimum absolute atomic E-state index is 0.454. The Balaban J connectivity index is 2.09. The summed E-state index contributed by atoms with van der Waals surface area (Å²) in [6.45, 7) is 4.22. The minimum Gasteiger partial charge on any atom is -0.365 e. The molecule has 1 aliphatic heterocycles. The van der Waals surface area contributed by atoms with Crippen molar-refractivity contribution in [2.75, 3.05) is 0 Å². The van der Waals surface area contributed by atoms with E-state index >= 15 is 0 Å². The first-order chi connectivity index (χ1) is 4.38. The van der Waals surface area contributed by atoms with E-state index < -0.39 is 0 Å². The van der Waals surface area contributed by atoms with Crippen LogP contribution in [-0.4, -0.2) is 12.2 Å². The van der Waals surface area contributed by atoms with Crippen LogP contribution in [0.1, 0.15) is 26.7 Å². The van der Waals surface area contributed by atoms with Gasteiger partial charge in [0.2, 0.25) is 0 Å². The fourth-order valence-electron chi connectivity index (χ4n) is 1.03. The average molecular weight is 126 g/mol. The number of epoxide rings is 1. The molecule has 0 aromatic heterocycles. The van der Waals surface area contributed by atoms with Crippen molar-refractivity contribution < 1.29 is 4.74 Å². The molecular formula is C8H14O. The largest absolute Gasteiger partial charge is 0.365 e. The van der Waals surface area contributed by atoms with Crippen LogP contribution in [0.4, 0.5) is 0 Å². The fourth-order valence-corrected chi connectivity index (χ4v) is 1.03. The molecule has 0 amide bonds. The quantitative estimate of drug-likeness (QED) is 0.417. The van der Waals surface area contributed by atoms with Gasteiger partial charge in [0.05, 0.1) is 6.10 Å². The van der Waals surface area contributed by atoms with E-state index in [4.69, 9.17) is 4.74 Å². The lowest BCUT2D eigenvalue weighted by Gasteiger charge is -1.82. The van der Waals surface area contributed by atoms with E-state index in [9.17, 15) is 0 Å². The summed E-state index contributed by atoms with van der Waals surface area (Å²) >= 11 is 0. The van der Waals surface area contributed by atoms with Gasteiger partial charge >= 0.3 is 0 Å². The molecule has 1 heteroatoms. The van der Waals surface area contributed by atoms with E-state index in [0.29, 0.717) is 12.2 Å². The molecule has 0 N–H and O–H groups in total. The summed E-state index contributed by atoms with van der Waals surface area (Å²) in [4.78, 5) is 0. The van der Waals surface area contributed by atoms with E-state index in [1.807, 2.05) is 6.92 Å². The molecule has 0 aromatic rings. The van der Waals surface area contributed by atoms with Gasteiger partial charge in [-0.2, -0.15) is 0 Å². The monoisotopic (exact) mass is 126 g/mol. The number of rotatable bonds is 3. The Labute approximate surface area is 56.7 Å². The number of allylic oxidation sites excluding steroid dienone is 1. The second-order valence-electron chi connectivity index (χ2n) is 2.45. The van der Waals surface area contributed by atoms with E-state index in [2.05, 4.69) is 19.1 Å². The van der Waals surface area contributed by atoms with Gasteiger partial charge in [-0.3, -0.25) is 0 Å². The first-order valence-electron chi connectivity index (χ1n) is 3.66. The normalized spacial score (nSPS) is 33.6. The predicted octanol–water partition coefficient (Wildman–Crippen LogP) is 2.13. The number of ether oxygens (including phenoxy) is 1. The van der Waals surface area contributed by atoms with E-state index in [0.717, 1.165) is 0 Å². The van der Waals surface area contributed by atoms with Crippen molar-refractivity contribution in [3.63, 3.8) is 0 Å². The Hall–Kier alpha value is -0.300. The first-order valence-corrected chi connectivity index (χ1v) is 3.66. The van der Waals surface area contributed by atoms with Crippen LogP contribution in [0.5, 0.6) is 0 Å². The molecule has 1 saturated heterocycles. The molecule has 1 rings (SSSR count). The molecule has 1 nitrogen and oxygen atoms in total. The highest BCUT2D eigenvalue weighted by atomic mass is 16.6. The van der Waals surface area contributed by atoms with Gasteiger partial charge < -0.3 is 4.74 Å². The number of hydrogen-bond donors (Lipinski definition) is 0. The Morgan fingerprint density at radius 1 is 1.56 bits per heavy atom. The molecule has 0 saturated carbocycles. The number of hydrogen-bond acceptors (Lipinski definition) is 1. The second-order valence-corrected chi connectivity index (χ2v) is 2.45. The predicted molar refractivity (Wildman–Crippen MR) is 38.4 cm³/mol. The first kappa shape index (κ1) is 6.81. The zero-order valence-electron chi connectivity index (χ0n) is 6.13. The Morgan fingerprint density at radius 3 is 2.89 bits per heavy atom. The smallest absolute Gasteiger partial charge is 0.102 e. The van der Waals surface area contributed by atoms with Gasteiger partial charge in [-0.15, -0.1) is 0 Å². The van der Waals surface area contributed by atoms with E-state index in [1.165, 1.54) is 12.8 Å². The van der Waals surface area contributed by atoms with Crippen molar-refractivity contribution in [3.05, 3.63) is 12.2 Å². The van der Waals surface area contributed by atoms with Gasteiger partial charge in [-0.25, -0.2) is 0 Å². The maximum absolute atomic E-state index is 5.31. The second kappa shape index (κ2) is 3.02. The van der Waals surface area contributed by atoms with Gasteiger partial charge in [0, 0.05) is 0 Å². The average Bonchev–Trinajstić information content (AvgIpc) is 2.50. The van der Waals surface area contributed by atoms with Gasteiger partial charge in [-0.05, 0) is 13.3 Å². The molecular weight excluding hydrogens is 112 g/mol. The Bertz CT molecular complexity index is 107. The minimum atomic E-state index is 0.454. The van der Waals surface area contributed by atoms with Crippen LogP contribution in [0.2, 0.25) is 0 Å². The summed E-state index contributed by atoms with van der Waals surface area (Å²) in [6, 6.07) is 0. The van der Waals surface area contributed by atoms with Gasteiger partial charge in [0.25, 0.3) is 0 Å². The molecule has 0 aromatic carbocycles.